The maximum Gasteiger partial charge on any atom is 0.242 e. The van der Waals surface area contributed by atoms with Gasteiger partial charge in [-0.25, -0.2) is 0 Å². The van der Waals surface area contributed by atoms with Crippen LogP contribution in [-0.2, 0) is 4.79 Å². The Kier molecular flexibility index (Phi) is 3.53. The first-order valence-electron chi connectivity index (χ1n) is 5.54. The minimum absolute atomic E-state index is 0.129. The smallest absolute Gasteiger partial charge is 0.242 e. The molecule has 1 aliphatic carbocycles. The topological polar surface area (TPSA) is 46.3 Å². The predicted molar refractivity (Wildman–Crippen MR) is 57.9 cm³/mol. The van der Waals surface area contributed by atoms with E-state index in [1.807, 2.05) is 7.05 Å². The third-order valence-corrected chi connectivity index (χ3v) is 3.30. The van der Waals surface area contributed by atoms with E-state index in [1.165, 1.54) is 0 Å². The van der Waals surface area contributed by atoms with Crippen molar-refractivity contribution in [2.75, 3.05) is 13.6 Å². The fourth-order valence-corrected chi connectivity index (χ4v) is 1.83. The van der Waals surface area contributed by atoms with Crippen molar-refractivity contribution in [3.63, 3.8) is 0 Å². The minimum atomic E-state index is -0.526. The van der Waals surface area contributed by atoms with E-state index in [-0.39, 0.29) is 5.91 Å². The van der Waals surface area contributed by atoms with Gasteiger partial charge in [-0.1, -0.05) is 20.3 Å². The van der Waals surface area contributed by atoms with E-state index < -0.39 is 5.54 Å². The van der Waals surface area contributed by atoms with Crippen LogP contribution >= 0.6 is 0 Å². The second-order valence-electron chi connectivity index (χ2n) is 4.71. The first-order chi connectivity index (χ1) is 6.49. The molecule has 3 nitrogen and oxygen atoms in total. The Morgan fingerprint density at radius 3 is 2.50 bits per heavy atom. The summed E-state index contributed by atoms with van der Waals surface area (Å²) in [6, 6.07) is 0. The molecule has 0 aliphatic heterocycles. The van der Waals surface area contributed by atoms with Crippen molar-refractivity contribution in [2.24, 2.45) is 11.7 Å². The highest BCUT2D eigenvalue weighted by atomic mass is 16.2. The van der Waals surface area contributed by atoms with Gasteiger partial charge in [-0.2, -0.15) is 0 Å². The van der Waals surface area contributed by atoms with Crippen LogP contribution in [0.2, 0.25) is 0 Å². The zero-order valence-electron chi connectivity index (χ0n) is 9.55. The lowest BCUT2D eigenvalue weighted by molar-refractivity contribution is -0.139. The molecule has 0 aromatic carbocycles. The van der Waals surface area contributed by atoms with Crippen molar-refractivity contribution in [3.05, 3.63) is 0 Å². The number of carbonyl (C=O) groups excluding carboxylic acids is 1. The van der Waals surface area contributed by atoms with Crippen LogP contribution in [0.15, 0.2) is 0 Å². The molecule has 0 radical (unpaired) electrons. The van der Waals surface area contributed by atoms with E-state index in [4.69, 9.17) is 5.73 Å². The lowest BCUT2D eigenvalue weighted by Gasteiger charge is -2.39. The third-order valence-electron chi connectivity index (χ3n) is 3.30. The SMILES string of the molecule is CCC(C)CN(C)C(=O)C1(N)CCC1. The summed E-state index contributed by atoms with van der Waals surface area (Å²) in [4.78, 5) is 13.7. The Hall–Kier alpha value is -0.570. The maximum absolute atomic E-state index is 11.9. The first-order valence-corrected chi connectivity index (χ1v) is 5.54. The molecule has 82 valence electrons. The van der Waals surface area contributed by atoms with Crippen molar-refractivity contribution in [1.29, 1.82) is 0 Å². The number of hydrogen-bond acceptors (Lipinski definition) is 2. The second-order valence-corrected chi connectivity index (χ2v) is 4.71. The highest BCUT2D eigenvalue weighted by molar-refractivity contribution is 5.86. The fraction of sp³-hybridized carbons (Fsp3) is 0.909. The molecular weight excluding hydrogens is 176 g/mol. The first kappa shape index (κ1) is 11.5. The van der Waals surface area contributed by atoms with Gasteiger partial charge in [0.1, 0.15) is 0 Å². The standard InChI is InChI=1S/C11H22N2O/c1-4-9(2)8-13(3)10(14)11(12)6-5-7-11/h9H,4-8,12H2,1-3H3. The third kappa shape index (κ3) is 2.27. The summed E-state index contributed by atoms with van der Waals surface area (Å²) in [6.07, 6.45) is 3.92. The van der Waals surface area contributed by atoms with Gasteiger partial charge in [-0.05, 0) is 25.2 Å². The zero-order valence-corrected chi connectivity index (χ0v) is 9.55. The van der Waals surface area contributed by atoms with E-state index in [2.05, 4.69) is 13.8 Å². The summed E-state index contributed by atoms with van der Waals surface area (Å²) in [5, 5.41) is 0. The maximum atomic E-state index is 11.9. The Balaban J connectivity index is 2.44. The second kappa shape index (κ2) is 4.30. The van der Waals surface area contributed by atoms with Crippen LogP contribution in [0.3, 0.4) is 0 Å². The van der Waals surface area contributed by atoms with Crippen LogP contribution in [0.5, 0.6) is 0 Å². The van der Waals surface area contributed by atoms with Crippen LogP contribution in [-0.4, -0.2) is 29.9 Å². The monoisotopic (exact) mass is 198 g/mol. The lowest BCUT2D eigenvalue weighted by Crippen LogP contribution is -2.59. The van der Waals surface area contributed by atoms with Gasteiger partial charge in [-0.15, -0.1) is 0 Å². The number of hydrogen-bond donors (Lipinski definition) is 1. The van der Waals surface area contributed by atoms with Gasteiger partial charge in [0.2, 0.25) is 5.91 Å². The molecule has 14 heavy (non-hydrogen) atoms. The number of likely N-dealkylation sites (N-methyl/N-ethyl adjacent to an activating group) is 1. The molecule has 0 aromatic rings. The van der Waals surface area contributed by atoms with Gasteiger partial charge in [0, 0.05) is 13.6 Å². The number of amides is 1. The molecule has 0 spiro atoms. The van der Waals surface area contributed by atoms with Crippen molar-refractivity contribution in [1.82, 2.24) is 4.90 Å². The average Bonchev–Trinajstić information content (AvgIpc) is 2.12. The van der Waals surface area contributed by atoms with Crippen LogP contribution in [0.1, 0.15) is 39.5 Å². The quantitative estimate of drug-likeness (QED) is 0.741. The molecule has 1 unspecified atom stereocenters. The highest BCUT2D eigenvalue weighted by Crippen LogP contribution is 2.30. The Morgan fingerprint density at radius 2 is 2.14 bits per heavy atom. The molecule has 0 saturated heterocycles. The largest absolute Gasteiger partial charge is 0.344 e. The minimum Gasteiger partial charge on any atom is -0.344 e. The van der Waals surface area contributed by atoms with E-state index in [0.29, 0.717) is 5.92 Å². The molecule has 0 bridgehead atoms. The molecule has 1 rings (SSSR count). The van der Waals surface area contributed by atoms with Crippen LogP contribution in [0.25, 0.3) is 0 Å². The number of nitrogens with two attached hydrogens (primary N) is 1. The molecule has 1 saturated carbocycles. The Morgan fingerprint density at radius 1 is 1.57 bits per heavy atom. The van der Waals surface area contributed by atoms with Crippen molar-refractivity contribution >= 4 is 5.91 Å². The molecule has 1 fully saturated rings. The number of nitrogens with zero attached hydrogens (tertiary/aromatic N) is 1. The summed E-state index contributed by atoms with van der Waals surface area (Å²) < 4.78 is 0. The van der Waals surface area contributed by atoms with E-state index in [0.717, 1.165) is 32.2 Å². The van der Waals surface area contributed by atoms with E-state index in [9.17, 15) is 4.79 Å². The number of carbonyl (C=O) groups is 1. The van der Waals surface area contributed by atoms with Gasteiger partial charge in [0.25, 0.3) is 0 Å². The molecule has 1 atom stereocenters. The summed E-state index contributed by atoms with van der Waals surface area (Å²) in [5.41, 5.74) is 5.45. The molecule has 1 amide bonds. The van der Waals surface area contributed by atoms with Gasteiger partial charge >= 0.3 is 0 Å². The summed E-state index contributed by atoms with van der Waals surface area (Å²) in [6.45, 7) is 5.13. The number of rotatable bonds is 4. The zero-order chi connectivity index (χ0) is 10.8. The predicted octanol–water partition coefficient (Wildman–Crippen LogP) is 1.37. The van der Waals surface area contributed by atoms with Crippen molar-refractivity contribution in [2.45, 2.75) is 45.1 Å². The Bertz CT molecular complexity index is 211. The summed E-state index contributed by atoms with van der Waals surface area (Å²) in [5.74, 6) is 0.691. The lowest BCUT2D eigenvalue weighted by atomic mass is 9.76. The summed E-state index contributed by atoms with van der Waals surface area (Å²) in [7, 11) is 1.86. The molecular formula is C11H22N2O. The van der Waals surface area contributed by atoms with Gasteiger partial charge in [0.15, 0.2) is 0 Å². The van der Waals surface area contributed by atoms with E-state index in [1.54, 1.807) is 4.90 Å². The fourth-order valence-electron chi connectivity index (χ4n) is 1.83. The highest BCUT2D eigenvalue weighted by Gasteiger charge is 2.41. The van der Waals surface area contributed by atoms with E-state index >= 15 is 0 Å². The molecule has 0 aromatic heterocycles. The summed E-state index contributed by atoms with van der Waals surface area (Å²) >= 11 is 0. The van der Waals surface area contributed by atoms with Crippen molar-refractivity contribution in [3.8, 4) is 0 Å². The Labute approximate surface area is 86.6 Å². The van der Waals surface area contributed by atoms with Crippen LogP contribution < -0.4 is 5.73 Å². The average molecular weight is 198 g/mol. The van der Waals surface area contributed by atoms with Crippen molar-refractivity contribution < 1.29 is 4.79 Å². The molecule has 1 aliphatic rings. The van der Waals surface area contributed by atoms with Gasteiger partial charge in [0.05, 0.1) is 5.54 Å². The normalized spacial score (nSPS) is 21.1. The van der Waals surface area contributed by atoms with Crippen LogP contribution in [0.4, 0.5) is 0 Å². The van der Waals surface area contributed by atoms with Gasteiger partial charge in [-0.3, -0.25) is 4.79 Å². The molecule has 0 heterocycles. The van der Waals surface area contributed by atoms with Crippen LogP contribution in [0, 0.1) is 5.92 Å². The molecule has 2 N–H and O–H groups in total. The van der Waals surface area contributed by atoms with Gasteiger partial charge < -0.3 is 10.6 Å². The molecule has 3 heteroatoms.